The van der Waals surface area contributed by atoms with Crippen molar-refractivity contribution in [2.75, 3.05) is 5.32 Å². The average Bonchev–Trinajstić information content (AvgIpc) is 2.85. The van der Waals surface area contributed by atoms with Gasteiger partial charge < -0.3 is 9.72 Å². The predicted octanol–water partition coefficient (Wildman–Crippen LogP) is 3.44. The van der Waals surface area contributed by atoms with Gasteiger partial charge in [0.2, 0.25) is 5.91 Å². The third-order valence-electron chi connectivity index (χ3n) is 3.89. The summed E-state index contributed by atoms with van der Waals surface area (Å²) in [5, 5.41) is 2.97. The van der Waals surface area contributed by atoms with E-state index in [0.29, 0.717) is 0 Å². The van der Waals surface area contributed by atoms with E-state index in [1.54, 1.807) is 0 Å². The Hall–Kier alpha value is -2.62. The maximum atomic E-state index is 12.2. The SMILES string of the molecule is Cc1ccn2cc(CC(=O)Nc3cccc(C)c3C)nc2c1. The largest absolute Gasteiger partial charge is 0.325 e. The molecule has 0 unspecified atom stereocenters. The zero-order valence-corrected chi connectivity index (χ0v) is 13.1. The number of imidazole rings is 1. The van der Waals surface area contributed by atoms with Crippen molar-refractivity contribution < 1.29 is 4.79 Å². The molecule has 0 fully saturated rings. The van der Waals surface area contributed by atoms with Crippen LogP contribution in [-0.2, 0) is 11.2 Å². The summed E-state index contributed by atoms with van der Waals surface area (Å²) < 4.78 is 1.94. The van der Waals surface area contributed by atoms with Gasteiger partial charge in [0.15, 0.2) is 0 Å². The second-order valence-electron chi connectivity index (χ2n) is 5.67. The minimum atomic E-state index is -0.0474. The second-order valence-corrected chi connectivity index (χ2v) is 5.67. The number of hydrogen-bond acceptors (Lipinski definition) is 2. The van der Waals surface area contributed by atoms with Gasteiger partial charge in [0.25, 0.3) is 0 Å². The Balaban J connectivity index is 1.76. The summed E-state index contributed by atoms with van der Waals surface area (Å²) in [5.41, 5.74) is 5.93. The Morgan fingerprint density at radius 1 is 1.23 bits per heavy atom. The van der Waals surface area contributed by atoms with Crippen molar-refractivity contribution in [2.24, 2.45) is 0 Å². The molecule has 22 heavy (non-hydrogen) atoms. The van der Waals surface area contributed by atoms with Crippen LogP contribution in [0.3, 0.4) is 0 Å². The number of nitrogens with one attached hydrogen (secondary N) is 1. The molecule has 3 aromatic rings. The molecule has 112 valence electrons. The molecule has 1 N–H and O–H groups in total. The molecule has 3 rings (SSSR count). The van der Waals surface area contributed by atoms with Crippen molar-refractivity contribution in [1.82, 2.24) is 9.38 Å². The highest BCUT2D eigenvalue weighted by Gasteiger charge is 2.10. The van der Waals surface area contributed by atoms with Gasteiger partial charge in [-0.15, -0.1) is 0 Å². The van der Waals surface area contributed by atoms with E-state index >= 15 is 0 Å². The number of amides is 1. The number of aromatic nitrogens is 2. The van der Waals surface area contributed by atoms with E-state index in [1.807, 2.05) is 67.9 Å². The molecule has 0 saturated carbocycles. The lowest BCUT2D eigenvalue weighted by atomic mass is 10.1. The molecule has 0 aliphatic rings. The average molecular weight is 293 g/mol. The Bertz CT molecular complexity index is 849. The van der Waals surface area contributed by atoms with Crippen molar-refractivity contribution >= 4 is 17.2 Å². The molecule has 2 heterocycles. The Labute approximate surface area is 129 Å². The van der Waals surface area contributed by atoms with E-state index in [4.69, 9.17) is 0 Å². The smallest absolute Gasteiger partial charge is 0.230 e. The fourth-order valence-electron chi connectivity index (χ4n) is 2.47. The van der Waals surface area contributed by atoms with Gasteiger partial charge in [-0.2, -0.15) is 0 Å². The number of nitrogens with zero attached hydrogens (tertiary/aromatic N) is 2. The van der Waals surface area contributed by atoms with Crippen LogP contribution in [-0.4, -0.2) is 15.3 Å². The third kappa shape index (κ3) is 2.86. The Morgan fingerprint density at radius 2 is 2.05 bits per heavy atom. The Morgan fingerprint density at radius 3 is 2.86 bits per heavy atom. The molecule has 1 amide bonds. The van der Waals surface area contributed by atoms with Gasteiger partial charge in [-0.05, 0) is 55.7 Å². The first-order valence-electron chi connectivity index (χ1n) is 7.33. The topological polar surface area (TPSA) is 46.4 Å². The van der Waals surface area contributed by atoms with E-state index in [-0.39, 0.29) is 12.3 Å². The lowest BCUT2D eigenvalue weighted by Crippen LogP contribution is -2.15. The molecule has 4 nitrogen and oxygen atoms in total. The van der Waals surface area contributed by atoms with E-state index in [9.17, 15) is 4.79 Å². The summed E-state index contributed by atoms with van der Waals surface area (Å²) in [5.74, 6) is -0.0474. The molecule has 0 aliphatic carbocycles. The lowest BCUT2D eigenvalue weighted by Gasteiger charge is -2.09. The number of pyridine rings is 1. The van der Waals surface area contributed by atoms with Crippen LogP contribution in [0, 0.1) is 20.8 Å². The maximum Gasteiger partial charge on any atom is 0.230 e. The first kappa shape index (κ1) is 14.3. The van der Waals surface area contributed by atoms with Gasteiger partial charge in [-0.3, -0.25) is 4.79 Å². The molecule has 0 saturated heterocycles. The number of benzene rings is 1. The van der Waals surface area contributed by atoms with Crippen LogP contribution in [0.25, 0.3) is 5.65 Å². The van der Waals surface area contributed by atoms with E-state index in [1.165, 1.54) is 5.56 Å². The second kappa shape index (κ2) is 5.64. The number of fused-ring (bicyclic) bond motifs is 1. The summed E-state index contributed by atoms with van der Waals surface area (Å²) in [6, 6.07) is 9.94. The number of anilines is 1. The highest BCUT2D eigenvalue weighted by atomic mass is 16.1. The van der Waals surface area contributed by atoms with E-state index in [2.05, 4.69) is 10.3 Å². The Kier molecular flexibility index (Phi) is 3.67. The van der Waals surface area contributed by atoms with Crippen molar-refractivity contribution in [2.45, 2.75) is 27.2 Å². The van der Waals surface area contributed by atoms with Crippen LogP contribution in [0.2, 0.25) is 0 Å². The fourth-order valence-corrected chi connectivity index (χ4v) is 2.47. The van der Waals surface area contributed by atoms with Crippen LogP contribution in [0.15, 0.2) is 42.7 Å². The van der Waals surface area contributed by atoms with Crippen molar-refractivity contribution in [3.05, 3.63) is 65.1 Å². The summed E-state index contributed by atoms with van der Waals surface area (Å²) in [6.07, 6.45) is 4.13. The number of hydrogen-bond donors (Lipinski definition) is 1. The molecular weight excluding hydrogens is 274 g/mol. The first-order chi connectivity index (χ1) is 10.5. The van der Waals surface area contributed by atoms with Crippen LogP contribution in [0.5, 0.6) is 0 Å². The number of carbonyl (C=O) groups is 1. The number of rotatable bonds is 3. The van der Waals surface area contributed by atoms with Gasteiger partial charge in [0, 0.05) is 18.1 Å². The minimum absolute atomic E-state index is 0.0474. The standard InChI is InChI=1S/C18H19N3O/c1-12-7-8-21-11-15(19-17(21)9-12)10-18(22)20-16-6-4-5-13(2)14(16)3/h4-9,11H,10H2,1-3H3,(H,20,22). The fraction of sp³-hybridized carbons (Fsp3) is 0.222. The maximum absolute atomic E-state index is 12.2. The van der Waals surface area contributed by atoms with Crippen LogP contribution >= 0.6 is 0 Å². The molecule has 2 aromatic heterocycles. The zero-order chi connectivity index (χ0) is 15.7. The van der Waals surface area contributed by atoms with Gasteiger partial charge >= 0.3 is 0 Å². The summed E-state index contributed by atoms with van der Waals surface area (Å²) >= 11 is 0. The van der Waals surface area contributed by atoms with E-state index < -0.39 is 0 Å². The number of carbonyl (C=O) groups excluding carboxylic acids is 1. The van der Waals surface area contributed by atoms with Crippen LogP contribution in [0.4, 0.5) is 5.69 Å². The van der Waals surface area contributed by atoms with Gasteiger partial charge in [-0.25, -0.2) is 4.98 Å². The van der Waals surface area contributed by atoms with Crippen molar-refractivity contribution in [1.29, 1.82) is 0 Å². The highest BCUT2D eigenvalue weighted by Crippen LogP contribution is 2.18. The zero-order valence-electron chi connectivity index (χ0n) is 13.1. The molecule has 0 aliphatic heterocycles. The monoisotopic (exact) mass is 293 g/mol. The minimum Gasteiger partial charge on any atom is -0.325 e. The first-order valence-corrected chi connectivity index (χ1v) is 7.33. The van der Waals surface area contributed by atoms with Crippen LogP contribution < -0.4 is 5.32 Å². The third-order valence-corrected chi connectivity index (χ3v) is 3.89. The molecule has 0 bridgehead atoms. The summed E-state index contributed by atoms with van der Waals surface area (Å²) in [7, 11) is 0. The van der Waals surface area contributed by atoms with Crippen LogP contribution in [0.1, 0.15) is 22.4 Å². The lowest BCUT2D eigenvalue weighted by molar-refractivity contribution is -0.115. The van der Waals surface area contributed by atoms with E-state index in [0.717, 1.165) is 28.2 Å². The normalized spacial score (nSPS) is 10.9. The quantitative estimate of drug-likeness (QED) is 0.804. The summed E-state index contributed by atoms with van der Waals surface area (Å²) in [6.45, 7) is 6.08. The molecule has 0 spiro atoms. The molecule has 0 radical (unpaired) electrons. The summed E-state index contributed by atoms with van der Waals surface area (Å²) in [4.78, 5) is 16.7. The van der Waals surface area contributed by atoms with Gasteiger partial charge in [0.05, 0.1) is 12.1 Å². The molecule has 4 heteroatoms. The highest BCUT2D eigenvalue weighted by molar-refractivity contribution is 5.93. The molecule has 1 aromatic carbocycles. The van der Waals surface area contributed by atoms with Crippen molar-refractivity contribution in [3.8, 4) is 0 Å². The van der Waals surface area contributed by atoms with Gasteiger partial charge in [0.1, 0.15) is 5.65 Å². The van der Waals surface area contributed by atoms with Gasteiger partial charge in [-0.1, -0.05) is 12.1 Å². The number of aryl methyl sites for hydroxylation is 2. The van der Waals surface area contributed by atoms with Crippen molar-refractivity contribution in [3.63, 3.8) is 0 Å². The molecular formula is C18H19N3O. The molecule has 0 atom stereocenters. The predicted molar refractivity (Wildman–Crippen MR) is 88.2 cm³/mol.